The minimum Gasteiger partial charge on any atom is -0.355 e. The lowest BCUT2D eigenvalue weighted by Gasteiger charge is -2.16. The molecule has 2 aromatic carbocycles. The second kappa shape index (κ2) is 6.83. The normalized spacial score (nSPS) is 15.7. The fourth-order valence-electron chi connectivity index (χ4n) is 2.89. The number of nitrogens with one attached hydrogen (secondary N) is 1. The van der Waals surface area contributed by atoms with E-state index >= 15 is 0 Å². The van der Waals surface area contributed by atoms with Crippen LogP contribution in [0.25, 0.3) is 0 Å². The Bertz CT molecular complexity index is 750. The van der Waals surface area contributed by atoms with Gasteiger partial charge in [-0.2, -0.15) is 13.2 Å². The molecule has 0 radical (unpaired) electrons. The van der Waals surface area contributed by atoms with Crippen LogP contribution in [0.2, 0.25) is 0 Å². The fourth-order valence-corrected chi connectivity index (χ4v) is 3.16. The number of alkyl halides is 3. The quantitative estimate of drug-likeness (QED) is 0.747. The summed E-state index contributed by atoms with van der Waals surface area (Å²) in [6.07, 6.45) is -2.18. The molecule has 0 aliphatic heterocycles. The highest BCUT2D eigenvalue weighted by atomic mass is 79.9. The monoisotopic (exact) mass is 411 g/mol. The zero-order chi connectivity index (χ0) is 18.1. The molecule has 0 unspecified atom stereocenters. The lowest BCUT2D eigenvalue weighted by molar-refractivity contribution is -0.137. The summed E-state index contributed by atoms with van der Waals surface area (Å²) in [4.78, 5) is 12.5. The summed E-state index contributed by atoms with van der Waals surface area (Å²) in [5.41, 5.74) is 0.665. The van der Waals surface area contributed by atoms with Gasteiger partial charge in [-0.3, -0.25) is 4.79 Å². The highest BCUT2D eigenvalue weighted by Gasteiger charge is 2.50. The first-order valence-corrected chi connectivity index (χ1v) is 8.81. The first-order chi connectivity index (χ1) is 11.8. The molecule has 2 aromatic rings. The van der Waals surface area contributed by atoms with Crippen LogP contribution in [0.3, 0.4) is 0 Å². The van der Waals surface area contributed by atoms with Crippen LogP contribution in [0.5, 0.6) is 0 Å². The van der Waals surface area contributed by atoms with E-state index in [-0.39, 0.29) is 5.91 Å². The SMILES string of the molecule is O=C(NCCc1ccc(C(F)(F)F)cc1)C1(c2ccc(Br)cc2)CC1. The van der Waals surface area contributed by atoms with Crippen LogP contribution in [-0.4, -0.2) is 12.5 Å². The molecule has 0 heterocycles. The van der Waals surface area contributed by atoms with E-state index in [1.807, 2.05) is 24.3 Å². The van der Waals surface area contributed by atoms with Crippen LogP contribution in [0.1, 0.15) is 29.5 Å². The van der Waals surface area contributed by atoms with Gasteiger partial charge in [0, 0.05) is 11.0 Å². The van der Waals surface area contributed by atoms with E-state index < -0.39 is 17.2 Å². The van der Waals surface area contributed by atoms with Crippen LogP contribution in [0.15, 0.2) is 53.0 Å². The number of hydrogen-bond acceptors (Lipinski definition) is 1. The largest absolute Gasteiger partial charge is 0.416 e. The number of benzene rings is 2. The molecular weight excluding hydrogens is 395 g/mol. The van der Waals surface area contributed by atoms with E-state index in [4.69, 9.17) is 0 Å². The Kier molecular flexibility index (Phi) is 4.91. The molecular formula is C19H17BrF3NO. The first kappa shape index (κ1) is 18.0. The second-order valence-electron chi connectivity index (χ2n) is 6.29. The number of amides is 1. The highest BCUT2D eigenvalue weighted by Crippen LogP contribution is 2.48. The number of hydrogen-bond donors (Lipinski definition) is 1. The summed E-state index contributed by atoms with van der Waals surface area (Å²) in [5.74, 6) is -0.0123. The van der Waals surface area contributed by atoms with Crippen molar-refractivity contribution >= 4 is 21.8 Å². The first-order valence-electron chi connectivity index (χ1n) is 8.02. The molecule has 1 aliphatic carbocycles. The Labute approximate surface area is 152 Å². The minimum absolute atomic E-state index is 0.0123. The molecule has 132 valence electrons. The maximum Gasteiger partial charge on any atom is 0.416 e. The van der Waals surface area contributed by atoms with Gasteiger partial charge in [0.2, 0.25) is 5.91 Å². The second-order valence-corrected chi connectivity index (χ2v) is 7.21. The lowest BCUT2D eigenvalue weighted by atomic mass is 9.95. The summed E-state index contributed by atoms with van der Waals surface area (Å²) in [6, 6.07) is 12.8. The predicted molar refractivity (Wildman–Crippen MR) is 93.2 cm³/mol. The van der Waals surface area contributed by atoms with Gasteiger partial charge < -0.3 is 5.32 Å². The number of rotatable bonds is 5. The van der Waals surface area contributed by atoms with Crippen molar-refractivity contribution in [1.82, 2.24) is 5.32 Å². The van der Waals surface area contributed by atoms with E-state index in [1.165, 1.54) is 12.1 Å². The zero-order valence-electron chi connectivity index (χ0n) is 13.4. The van der Waals surface area contributed by atoms with Crippen LogP contribution in [0.4, 0.5) is 13.2 Å². The molecule has 6 heteroatoms. The predicted octanol–water partition coefficient (Wildman–Crippen LogP) is 4.86. The van der Waals surface area contributed by atoms with Gasteiger partial charge in [0.1, 0.15) is 0 Å². The Morgan fingerprint density at radius 2 is 1.64 bits per heavy atom. The third-order valence-electron chi connectivity index (χ3n) is 4.56. The van der Waals surface area contributed by atoms with Crippen LogP contribution in [0, 0.1) is 0 Å². The van der Waals surface area contributed by atoms with Crippen LogP contribution >= 0.6 is 15.9 Å². The van der Waals surface area contributed by atoms with Crippen molar-refractivity contribution in [2.24, 2.45) is 0 Å². The average Bonchev–Trinajstić information content (AvgIpc) is 3.37. The molecule has 2 nitrogen and oxygen atoms in total. The number of halogens is 4. The summed E-state index contributed by atoms with van der Waals surface area (Å²) in [6.45, 7) is 0.405. The Balaban J connectivity index is 1.55. The van der Waals surface area contributed by atoms with Crippen molar-refractivity contribution in [3.8, 4) is 0 Å². The molecule has 0 spiro atoms. The van der Waals surface area contributed by atoms with E-state index in [0.29, 0.717) is 13.0 Å². The Morgan fingerprint density at radius 1 is 1.04 bits per heavy atom. The van der Waals surface area contributed by atoms with Gasteiger partial charge in [0.05, 0.1) is 11.0 Å². The Hall–Kier alpha value is -1.82. The molecule has 0 saturated heterocycles. The van der Waals surface area contributed by atoms with Gasteiger partial charge in [-0.05, 0) is 54.7 Å². The van der Waals surface area contributed by atoms with Gasteiger partial charge in [0.25, 0.3) is 0 Å². The van der Waals surface area contributed by atoms with E-state index in [1.54, 1.807) is 0 Å². The molecule has 1 fully saturated rings. The molecule has 1 saturated carbocycles. The van der Waals surface area contributed by atoms with E-state index in [9.17, 15) is 18.0 Å². The van der Waals surface area contributed by atoms with Gasteiger partial charge in [0.15, 0.2) is 0 Å². The van der Waals surface area contributed by atoms with Gasteiger partial charge in [-0.25, -0.2) is 0 Å². The Morgan fingerprint density at radius 3 is 2.16 bits per heavy atom. The highest BCUT2D eigenvalue weighted by molar-refractivity contribution is 9.10. The number of carbonyl (C=O) groups excluding carboxylic acids is 1. The molecule has 3 rings (SSSR count). The lowest BCUT2D eigenvalue weighted by Crippen LogP contribution is -2.35. The van der Waals surface area contributed by atoms with Gasteiger partial charge in [-0.15, -0.1) is 0 Å². The van der Waals surface area contributed by atoms with E-state index in [0.717, 1.165) is 40.6 Å². The summed E-state index contributed by atoms with van der Waals surface area (Å²) < 4.78 is 38.6. The van der Waals surface area contributed by atoms with Crippen molar-refractivity contribution in [2.45, 2.75) is 30.9 Å². The van der Waals surface area contributed by atoms with Crippen molar-refractivity contribution < 1.29 is 18.0 Å². The summed E-state index contributed by atoms with van der Waals surface area (Å²) in [7, 11) is 0. The molecule has 0 bridgehead atoms. The molecule has 1 amide bonds. The van der Waals surface area contributed by atoms with Crippen molar-refractivity contribution in [3.05, 3.63) is 69.7 Å². The number of carbonyl (C=O) groups is 1. The third kappa shape index (κ3) is 4.06. The smallest absolute Gasteiger partial charge is 0.355 e. The minimum atomic E-state index is -4.32. The van der Waals surface area contributed by atoms with Crippen molar-refractivity contribution in [1.29, 1.82) is 0 Å². The molecule has 1 N–H and O–H groups in total. The zero-order valence-corrected chi connectivity index (χ0v) is 15.0. The van der Waals surface area contributed by atoms with Crippen molar-refractivity contribution in [2.75, 3.05) is 6.54 Å². The van der Waals surface area contributed by atoms with Gasteiger partial charge >= 0.3 is 6.18 Å². The summed E-state index contributed by atoms with van der Waals surface area (Å²) in [5, 5.41) is 2.92. The van der Waals surface area contributed by atoms with Gasteiger partial charge in [-0.1, -0.05) is 40.2 Å². The van der Waals surface area contributed by atoms with Crippen molar-refractivity contribution in [3.63, 3.8) is 0 Å². The fraction of sp³-hybridized carbons (Fsp3) is 0.316. The third-order valence-corrected chi connectivity index (χ3v) is 5.09. The summed E-state index contributed by atoms with van der Waals surface area (Å²) >= 11 is 3.38. The van der Waals surface area contributed by atoms with Crippen LogP contribution < -0.4 is 5.32 Å². The van der Waals surface area contributed by atoms with Crippen LogP contribution in [-0.2, 0) is 22.8 Å². The molecule has 0 atom stereocenters. The standard InChI is InChI=1S/C19H17BrF3NO/c20-16-7-5-14(6-8-16)18(10-11-18)17(25)24-12-9-13-1-3-15(4-2-13)19(21,22)23/h1-8H,9-12H2,(H,24,25). The topological polar surface area (TPSA) is 29.1 Å². The molecule has 25 heavy (non-hydrogen) atoms. The average molecular weight is 412 g/mol. The van der Waals surface area contributed by atoms with E-state index in [2.05, 4.69) is 21.2 Å². The maximum atomic E-state index is 12.5. The molecule has 1 aliphatic rings. The molecule has 0 aromatic heterocycles. The maximum absolute atomic E-state index is 12.5.